The van der Waals surface area contributed by atoms with E-state index in [2.05, 4.69) is 4.98 Å². The Morgan fingerprint density at radius 3 is 2.07 bits per heavy atom. The normalized spacial score (nSPS) is 16.8. The number of methoxy groups -OCH3 is 5. The van der Waals surface area contributed by atoms with Gasteiger partial charge in [0.25, 0.3) is 5.70 Å². The molecule has 1 amide bonds. The number of aromatic nitrogens is 1. The summed E-state index contributed by atoms with van der Waals surface area (Å²) >= 11 is 0. The summed E-state index contributed by atoms with van der Waals surface area (Å²) in [6.07, 6.45) is 3.36. The maximum absolute atomic E-state index is 14.4. The molecule has 1 atom stereocenters. The molecule has 3 aromatic rings. The summed E-state index contributed by atoms with van der Waals surface area (Å²) in [6.45, 7) is 1.87. The average Bonchev–Trinajstić information content (AvgIpc) is 3.06. The van der Waals surface area contributed by atoms with Crippen molar-refractivity contribution in [2.24, 2.45) is 0 Å². The molecule has 0 bridgehead atoms. The third-order valence-corrected chi connectivity index (χ3v) is 7.33. The number of fused-ring (bicyclic) bond motifs is 1. The molecule has 1 fully saturated rings. The second kappa shape index (κ2) is 13.1. The van der Waals surface area contributed by atoms with E-state index in [0.29, 0.717) is 77.3 Å². The number of carbonyl (C=O) groups is 2. The highest BCUT2D eigenvalue weighted by molar-refractivity contribution is 6.09. The van der Waals surface area contributed by atoms with Crippen molar-refractivity contribution >= 4 is 17.4 Å². The van der Waals surface area contributed by atoms with Gasteiger partial charge in [-0.3, -0.25) is 4.98 Å². The van der Waals surface area contributed by atoms with Crippen LogP contribution < -0.4 is 28.7 Å². The minimum atomic E-state index is -0.666. The standard InChI is InChI=1S/C31H33N3O9/c1-37-23-16-21-22(17-24(23)43-18-19-6-8-32-9-7-19)30(35)34(33-10-12-42-13-11-33)28(31(36)41-5)27(21)20-14-25(38-2)29(40-4)26(15-20)39-3/h6-9,14-17H,10-13,18H2,1-5H3/p+1. The quantitative estimate of drug-likeness (QED) is 0.348. The number of pyridine rings is 1. The van der Waals surface area contributed by atoms with Crippen LogP contribution >= 0.6 is 0 Å². The summed E-state index contributed by atoms with van der Waals surface area (Å²) in [7, 11) is 7.33. The number of morpholine rings is 1. The predicted octanol–water partition coefficient (Wildman–Crippen LogP) is 1.91. The monoisotopic (exact) mass is 592 g/mol. The predicted molar refractivity (Wildman–Crippen MR) is 153 cm³/mol. The first-order chi connectivity index (χ1) is 20.9. The zero-order valence-electron chi connectivity index (χ0n) is 24.7. The first-order valence-electron chi connectivity index (χ1n) is 13.6. The van der Waals surface area contributed by atoms with Gasteiger partial charge in [0, 0.05) is 24.0 Å². The van der Waals surface area contributed by atoms with E-state index in [-0.39, 0.29) is 23.2 Å². The van der Waals surface area contributed by atoms with E-state index in [4.69, 9.17) is 33.2 Å². The van der Waals surface area contributed by atoms with Gasteiger partial charge in [-0.25, -0.2) is 9.59 Å². The van der Waals surface area contributed by atoms with Crippen LogP contribution in [0.4, 0.5) is 0 Å². The first-order valence-corrected chi connectivity index (χ1v) is 13.6. The molecule has 12 heteroatoms. The lowest BCUT2D eigenvalue weighted by molar-refractivity contribution is -0.904. The molecule has 2 aliphatic rings. The fourth-order valence-corrected chi connectivity index (χ4v) is 5.28. The average molecular weight is 593 g/mol. The molecule has 12 nitrogen and oxygen atoms in total. The van der Waals surface area contributed by atoms with Gasteiger partial charge < -0.3 is 33.2 Å². The van der Waals surface area contributed by atoms with Gasteiger partial charge in [-0.1, -0.05) is 0 Å². The van der Waals surface area contributed by atoms with Crippen molar-refractivity contribution in [2.45, 2.75) is 6.61 Å². The number of hydrogen-bond donors (Lipinski definition) is 1. The van der Waals surface area contributed by atoms with Crippen LogP contribution in [0.2, 0.25) is 0 Å². The Labute approximate surface area is 249 Å². The number of benzene rings is 2. The van der Waals surface area contributed by atoms with Gasteiger partial charge in [-0.05, 0) is 41.5 Å². The second-order valence-electron chi connectivity index (χ2n) is 9.63. The van der Waals surface area contributed by atoms with E-state index in [1.54, 1.807) is 36.7 Å². The summed E-state index contributed by atoms with van der Waals surface area (Å²) in [4.78, 5) is 32.0. The second-order valence-corrected chi connectivity index (χ2v) is 9.63. The lowest BCUT2D eigenvalue weighted by Crippen LogP contribution is -3.20. The Morgan fingerprint density at radius 1 is 0.860 bits per heavy atom. The molecule has 1 aromatic heterocycles. The Morgan fingerprint density at radius 2 is 1.49 bits per heavy atom. The largest absolute Gasteiger partial charge is 0.493 e. The Hall–Kier alpha value is -4.65. The number of rotatable bonds is 10. The van der Waals surface area contributed by atoms with E-state index in [1.165, 1.54) is 35.5 Å². The summed E-state index contributed by atoms with van der Waals surface area (Å²) in [6, 6.07) is 10.5. The van der Waals surface area contributed by atoms with Crippen molar-refractivity contribution in [1.82, 2.24) is 9.99 Å². The van der Waals surface area contributed by atoms with Gasteiger partial charge in [0.15, 0.2) is 23.0 Å². The molecule has 3 heterocycles. The highest BCUT2D eigenvalue weighted by atomic mass is 16.5. The van der Waals surface area contributed by atoms with Crippen LogP contribution in [0.3, 0.4) is 0 Å². The Kier molecular flexibility index (Phi) is 9.10. The van der Waals surface area contributed by atoms with Crippen LogP contribution in [0.15, 0.2) is 54.5 Å². The molecule has 5 rings (SSSR count). The molecule has 226 valence electrons. The first kappa shape index (κ1) is 29.8. The number of amides is 1. The molecule has 43 heavy (non-hydrogen) atoms. The number of quaternary nitrogens is 1. The number of carbonyl (C=O) groups excluding carboxylic acids is 2. The van der Waals surface area contributed by atoms with Crippen LogP contribution in [0, 0.1) is 0 Å². The van der Waals surface area contributed by atoms with Gasteiger partial charge in [0.1, 0.15) is 6.61 Å². The molecule has 1 saturated heterocycles. The van der Waals surface area contributed by atoms with E-state index < -0.39 is 5.97 Å². The molecule has 0 spiro atoms. The number of esters is 1. The smallest absolute Gasteiger partial charge is 0.395 e. The molecule has 2 aromatic carbocycles. The van der Waals surface area contributed by atoms with E-state index in [1.807, 2.05) is 17.1 Å². The van der Waals surface area contributed by atoms with Crippen LogP contribution in [-0.2, 0) is 20.9 Å². The summed E-state index contributed by atoms with van der Waals surface area (Å²) in [5.41, 5.74) is 2.80. The topological polar surface area (TPSA) is 119 Å². The fourth-order valence-electron chi connectivity index (χ4n) is 5.28. The molecular formula is C31H34N3O9+. The van der Waals surface area contributed by atoms with E-state index in [0.717, 1.165) is 5.56 Å². The number of hydrogen-bond acceptors (Lipinski definition) is 11. The maximum atomic E-state index is 14.4. The van der Waals surface area contributed by atoms with E-state index in [9.17, 15) is 9.59 Å². The van der Waals surface area contributed by atoms with Crippen LogP contribution in [-0.4, -0.2) is 83.7 Å². The third-order valence-electron chi connectivity index (χ3n) is 7.33. The highest BCUT2D eigenvalue weighted by Gasteiger charge is 2.47. The van der Waals surface area contributed by atoms with Crippen LogP contribution in [0.5, 0.6) is 28.7 Å². The molecule has 1 unspecified atom stereocenters. The zero-order chi connectivity index (χ0) is 30.5. The molecule has 1 N–H and O–H groups in total. The van der Waals surface area contributed by atoms with Crippen molar-refractivity contribution in [3.8, 4) is 28.7 Å². The number of ether oxygens (including phenoxy) is 7. The van der Waals surface area contributed by atoms with Gasteiger partial charge in [-0.15, -0.1) is 10.0 Å². The van der Waals surface area contributed by atoms with Crippen molar-refractivity contribution in [1.29, 1.82) is 0 Å². The van der Waals surface area contributed by atoms with Gasteiger partial charge in [0.2, 0.25) is 5.75 Å². The van der Waals surface area contributed by atoms with Crippen molar-refractivity contribution in [3.05, 3.63) is 76.7 Å². The highest BCUT2D eigenvalue weighted by Crippen LogP contribution is 2.44. The van der Waals surface area contributed by atoms with Crippen molar-refractivity contribution < 1.29 is 47.8 Å². The summed E-state index contributed by atoms with van der Waals surface area (Å²) < 4.78 is 39.5. The molecular weight excluding hydrogens is 558 g/mol. The van der Waals surface area contributed by atoms with Gasteiger partial charge >= 0.3 is 11.9 Å². The Bertz CT molecular complexity index is 1510. The SMILES string of the molecule is COC(=O)C1=C(c2cc(OC)c(OC)c(OC)c2)c2cc(OC)c(OCc3ccncc3)cc2C(=O)[NH+]1N1CCOCC1. The zero-order valence-corrected chi connectivity index (χ0v) is 24.7. The van der Waals surface area contributed by atoms with Crippen LogP contribution in [0.25, 0.3) is 5.57 Å². The molecule has 0 aliphatic carbocycles. The minimum absolute atomic E-state index is 0.115. The van der Waals surface area contributed by atoms with E-state index >= 15 is 0 Å². The van der Waals surface area contributed by atoms with Crippen molar-refractivity contribution in [2.75, 3.05) is 61.9 Å². The number of nitrogens with zero attached hydrogens (tertiary/aromatic N) is 2. The number of nitrogens with one attached hydrogen (secondary N) is 1. The maximum Gasteiger partial charge on any atom is 0.395 e. The van der Waals surface area contributed by atoms with Gasteiger partial charge in [-0.2, -0.15) is 0 Å². The lowest BCUT2D eigenvalue weighted by Gasteiger charge is -2.35. The Balaban J connectivity index is 1.77. The fraction of sp³-hybridized carbons (Fsp3) is 0.323. The van der Waals surface area contributed by atoms with Crippen molar-refractivity contribution in [3.63, 3.8) is 0 Å². The summed E-state index contributed by atoms with van der Waals surface area (Å²) in [5.74, 6) is 0.888. The van der Waals surface area contributed by atoms with Crippen LogP contribution in [0.1, 0.15) is 27.0 Å². The van der Waals surface area contributed by atoms with Gasteiger partial charge in [0.05, 0.1) is 73.0 Å². The molecule has 0 radical (unpaired) electrons. The summed E-state index contributed by atoms with van der Waals surface area (Å²) in [5, 5.41) is 2.08. The minimum Gasteiger partial charge on any atom is -0.493 e. The molecule has 0 saturated carbocycles. The lowest BCUT2D eigenvalue weighted by atomic mass is 9.87. The third kappa shape index (κ3) is 5.72. The molecule has 2 aliphatic heterocycles.